The second-order valence-electron chi connectivity index (χ2n) is 6.36. The quantitative estimate of drug-likeness (QED) is 0.723. The van der Waals surface area contributed by atoms with Gasteiger partial charge in [-0.3, -0.25) is 9.59 Å². The van der Waals surface area contributed by atoms with Gasteiger partial charge in [-0.25, -0.2) is 4.79 Å². The van der Waals surface area contributed by atoms with Crippen molar-refractivity contribution in [2.24, 2.45) is 5.92 Å². The van der Waals surface area contributed by atoms with Crippen LogP contribution >= 0.6 is 0 Å². The number of likely N-dealkylation sites (tertiary alicyclic amines) is 1. The van der Waals surface area contributed by atoms with Crippen LogP contribution in [-0.2, 0) is 20.9 Å². The zero-order valence-electron chi connectivity index (χ0n) is 15.2. The summed E-state index contributed by atoms with van der Waals surface area (Å²) in [6.07, 6.45) is 2.09. The number of urea groups is 1. The highest BCUT2D eigenvalue weighted by atomic mass is 16.5. The third-order valence-electron chi connectivity index (χ3n) is 4.39. The van der Waals surface area contributed by atoms with Gasteiger partial charge in [0.15, 0.2) is 0 Å². The van der Waals surface area contributed by atoms with E-state index in [-0.39, 0.29) is 25.0 Å². The third-order valence-corrected chi connectivity index (χ3v) is 4.39. The lowest BCUT2D eigenvalue weighted by molar-refractivity contribution is -0.141. The van der Waals surface area contributed by atoms with Crippen LogP contribution in [0, 0.1) is 5.92 Å². The first-order chi connectivity index (χ1) is 12.6. The number of rotatable bonds is 7. The molecule has 0 bridgehead atoms. The molecular weight excluding hydrogens is 334 g/mol. The summed E-state index contributed by atoms with van der Waals surface area (Å²) in [6, 6.07) is 9.55. The summed E-state index contributed by atoms with van der Waals surface area (Å²) in [5, 5.41) is 5.24. The van der Waals surface area contributed by atoms with Gasteiger partial charge in [0.05, 0.1) is 6.61 Å². The first kappa shape index (κ1) is 19.8. The van der Waals surface area contributed by atoms with Gasteiger partial charge in [-0.15, -0.1) is 0 Å². The Morgan fingerprint density at radius 1 is 1.19 bits per heavy atom. The summed E-state index contributed by atoms with van der Waals surface area (Å²) >= 11 is 0. The second kappa shape index (κ2) is 10.4. The van der Waals surface area contributed by atoms with Crippen LogP contribution in [-0.4, -0.2) is 49.0 Å². The predicted molar refractivity (Wildman–Crippen MR) is 97.2 cm³/mol. The van der Waals surface area contributed by atoms with Crippen molar-refractivity contribution < 1.29 is 19.1 Å². The average Bonchev–Trinajstić information content (AvgIpc) is 2.81. The number of hydrogen-bond acceptors (Lipinski definition) is 4. The van der Waals surface area contributed by atoms with E-state index in [0.717, 1.165) is 18.4 Å². The van der Waals surface area contributed by atoms with Crippen LogP contribution < -0.4 is 10.6 Å². The van der Waals surface area contributed by atoms with Gasteiger partial charge < -0.3 is 20.3 Å². The lowest BCUT2D eigenvalue weighted by Gasteiger charge is -2.21. The molecular formula is C19H27N3O4. The fourth-order valence-electron chi connectivity index (χ4n) is 2.93. The molecule has 7 heteroatoms. The Hall–Kier alpha value is -2.57. The maximum atomic E-state index is 12.3. The molecule has 3 amide bonds. The molecule has 1 aliphatic heterocycles. The number of nitrogens with zero attached hydrogens (tertiary/aromatic N) is 1. The lowest BCUT2D eigenvalue weighted by atomic mass is 10.0. The molecule has 1 unspecified atom stereocenters. The number of carbonyl (C=O) groups is 3. The number of nitrogens with one attached hydrogen (secondary N) is 2. The Kier molecular flexibility index (Phi) is 7.92. The molecule has 1 aromatic rings. The topological polar surface area (TPSA) is 87.7 Å². The van der Waals surface area contributed by atoms with E-state index < -0.39 is 12.0 Å². The van der Waals surface area contributed by atoms with E-state index in [0.29, 0.717) is 26.1 Å². The molecule has 142 valence electrons. The Morgan fingerprint density at radius 2 is 1.96 bits per heavy atom. The van der Waals surface area contributed by atoms with Crippen molar-refractivity contribution in [2.75, 3.05) is 26.2 Å². The van der Waals surface area contributed by atoms with Crippen LogP contribution in [0.15, 0.2) is 30.3 Å². The molecule has 1 saturated heterocycles. The van der Waals surface area contributed by atoms with Crippen molar-refractivity contribution in [3.63, 3.8) is 0 Å². The molecule has 1 aromatic carbocycles. The maximum Gasteiger partial charge on any atom is 0.325 e. The minimum Gasteiger partial charge on any atom is -0.465 e. The summed E-state index contributed by atoms with van der Waals surface area (Å²) < 4.78 is 4.75. The van der Waals surface area contributed by atoms with E-state index >= 15 is 0 Å². The van der Waals surface area contributed by atoms with Gasteiger partial charge in [0, 0.05) is 26.1 Å². The highest BCUT2D eigenvalue weighted by molar-refractivity contribution is 5.80. The van der Waals surface area contributed by atoms with Crippen molar-refractivity contribution in [3.8, 4) is 0 Å². The Balaban J connectivity index is 1.73. The zero-order valence-corrected chi connectivity index (χ0v) is 15.2. The van der Waals surface area contributed by atoms with Gasteiger partial charge in [0.2, 0.25) is 5.91 Å². The number of carbonyl (C=O) groups excluding carboxylic acids is 3. The molecule has 2 N–H and O–H groups in total. The highest BCUT2D eigenvalue weighted by Crippen LogP contribution is 2.19. The van der Waals surface area contributed by atoms with Crippen molar-refractivity contribution in [2.45, 2.75) is 32.7 Å². The first-order valence-electron chi connectivity index (χ1n) is 9.07. The lowest BCUT2D eigenvalue weighted by Crippen LogP contribution is -2.41. The van der Waals surface area contributed by atoms with Crippen LogP contribution in [0.5, 0.6) is 0 Å². The fraction of sp³-hybridized carbons (Fsp3) is 0.526. The van der Waals surface area contributed by atoms with Crippen LogP contribution in [0.3, 0.4) is 0 Å². The fourth-order valence-corrected chi connectivity index (χ4v) is 2.93. The number of esters is 1. The Morgan fingerprint density at radius 3 is 2.69 bits per heavy atom. The van der Waals surface area contributed by atoms with Crippen molar-refractivity contribution >= 4 is 17.9 Å². The molecule has 26 heavy (non-hydrogen) atoms. The molecule has 0 saturated carbocycles. The van der Waals surface area contributed by atoms with Crippen LogP contribution in [0.1, 0.15) is 31.7 Å². The third kappa shape index (κ3) is 6.74. The van der Waals surface area contributed by atoms with E-state index in [1.165, 1.54) is 0 Å². The summed E-state index contributed by atoms with van der Waals surface area (Å²) in [6.45, 7) is 3.66. The van der Waals surface area contributed by atoms with Gasteiger partial charge in [0.25, 0.3) is 0 Å². The van der Waals surface area contributed by atoms with E-state index in [4.69, 9.17) is 4.74 Å². The molecule has 0 radical (unpaired) electrons. The summed E-state index contributed by atoms with van der Waals surface area (Å²) in [4.78, 5) is 37.2. The number of benzene rings is 1. The van der Waals surface area contributed by atoms with E-state index in [9.17, 15) is 14.4 Å². The van der Waals surface area contributed by atoms with Gasteiger partial charge >= 0.3 is 12.0 Å². The molecule has 1 heterocycles. The largest absolute Gasteiger partial charge is 0.465 e. The molecule has 2 rings (SSSR count). The summed E-state index contributed by atoms with van der Waals surface area (Å²) in [5.41, 5.74) is 1.12. The van der Waals surface area contributed by atoms with Gasteiger partial charge in [0.1, 0.15) is 6.54 Å². The average molecular weight is 361 g/mol. The maximum absolute atomic E-state index is 12.3. The van der Waals surface area contributed by atoms with Crippen molar-refractivity contribution in [3.05, 3.63) is 35.9 Å². The van der Waals surface area contributed by atoms with E-state index in [1.54, 1.807) is 6.92 Å². The smallest absolute Gasteiger partial charge is 0.325 e. The van der Waals surface area contributed by atoms with Crippen molar-refractivity contribution in [1.82, 2.24) is 15.5 Å². The number of hydrogen-bond donors (Lipinski definition) is 2. The van der Waals surface area contributed by atoms with Gasteiger partial charge in [-0.2, -0.15) is 0 Å². The number of ether oxygens (including phenoxy) is 1. The van der Waals surface area contributed by atoms with Crippen LogP contribution in [0.4, 0.5) is 4.79 Å². The van der Waals surface area contributed by atoms with Crippen LogP contribution in [0.25, 0.3) is 0 Å². The molecule has 0 spiro atoms. The second-order valence-corrected chi connectivity index (χ2v) is 6.36. The van der Waals surface area contributed by atoms with E-state index in [1.807, 2.05) is 35.2 Å². The van der Waals surface area contributed by atoms with Crippen molar-refractivity contribution in [1.29, 1.82) is 0 Å². The molecule has 7 nitrogen and oxygen atoms in total. The molecule has 0 aliphatic carbocycles. The Labute approximate surface area is 154 Å². The monoisotopic (exact) mass is 361 g/mol. The van der Waals surface area contributed by atoms with Gasteiger partial charge in [-0.05, 0) is 31.2 Å². The Bertz CT molecular complexity index is 606. The SMILES string of the molecule is CCOC(=O)CNC(=O)NCC1CCC(=O)N(Cc2ccccc2)CC1. The first-order valence-corrected chi connectivity index (χ1v) is 9.07. The normalized spacial score (nSPS) is 17.3. The standard InChI is InChI=1S/C19H27N3O4/c1-2-26-18(24)13-21-19(25)20-12-15-8-9-17(23)22(11-10-15)14-16-6-4-3-5-7-16/h3-7,15H,2,8-14H2,1H3,(H2,20,21,25). The zero-order chi connectivity index (χ0) is 18.8. The molecule has 0 aromatic heterocycles. The number of amides is 3. The molecule has 1 aliphatic rings. The molecule has 1 fully saturated rings. The minimum absolute atomic E-state index is 0.145. The summed E-state index contributed by atoms with van der Waals surface area (Å²) in [5.74, 6) is -0.0598. The predicted octanol–water partition coefficient (Wildman–Crippen LogP) is 1.68. The highest BCUT2D eigenvalue weighted by Gasteiger charge is 2.23. The molecule has 1 atom stereocenters. The summed E-state index contributed by atoms with van der Waals surface area (Å²) in [7, 11) is 0. The van der Waals surface area contributed by atoms with Crippen LogP contribution in [0.2, 0.25) is 0 Å². The van der Waals surface area contributed by atoms with E-state index in [2.05, 4.69) is 10.6 Å². The van der Waals surface area contributed by atoms with Gasteiger partial charge in [-0.1, -0.05) is 30.3 Å². The minimum atomic E-state index is -0.459.